The summed E-state index contributed by atoms with van der Waals surface area (Å²) in [6, 6.07) is 3.54. The third-order valence-corrected chi connectivity index (χ3v) is 3.19. The Hall–Kier alpha value is -1.84. The zero-order valence-electron chi connectivity index (χ0n) is 10.3. The van der Waals surface area contributed by atoms with Gasteiger partial charge in [0.05, 0.1) is 25.8 Å². The third-order valence-electron chi connectivity index (χ3n) is 2.82. The van der Waals surface area contributed by atoms with Crippen molar-refractivity contribution in [2.75, 3.05) is 31.7 Å². The standard InChI is InChI=1S/C12H12ClN3O3/c1-18-12(17)9-7-16(4-5-19-9)11-10(13)8(6-14)2-3-15-11/h2-3,9H,4-5,7H2,1H3. The second-order valence-corrected chi connectivity index (χ2v) is 4.31. The Morgan fingerprint density at radius 2 is 2.53 bits per heavy atom. The highest BCUT2D eigenvalue weighted by molar-refractivity contribution is 6.34. The summed E-state index contributed by atoms with van der Waals surface area (Å²) >= 11 is 6.12. The van der Waals surface area contributed by atoms with Crippen LogP contribution in [0.1, 0.15) is 5.56 Å². The highest BCUT2D eigenvalue weighted by Gasteiger charge is 2.29. The predicted molar refractivity (Wildman–Crippen MR) is 67.9 cm³/mol. The fourth-order valence-electron chi connectivity index (χ4n) is 1.86. The maximum Gasteiger partial charge on any atom is 0.336 e. The number of hydrogen-bond acceptors (Lipinski definition) is 6. The van der Waals surface area contributed by atoms with E-state index >= 15 is 0 Å². The topological polar surface area (TPSA) is 75.5 Å². The molecule has 7 heteroatoms. The number of esters is 1. The van der Waals surface area contributed by atoms with Gasteiger partial charge in [0.25, 0.3) is 0 Å². The van der Waals surface area contributed by atoms with Crippen LogP contribution in [0.3, 0.4) is 0 Å². The average molecular weight is 282 g/mol. The molecule has 0 saturated carbocycles. The van der Waals surface area contributed by atoms with E-state index in [-0.39, 0.29) is 5.02 Å². The van der Waals surface area contributed by atoms with Crippen LogP contribution in [0.5, 0.6) is 0 Å². The van der Waals surface area contributed by atoms with Crippen LogP contribution in [0.4, 0.5) is 5.82 Å². The van der Waals surface area contributed by atoms with Crippen molar-refractivity contribution < 1.29 is 14.3 Å². The molecule has 19 heavy (non-hydrogen) atoms. The van der Waals surface area contributed by atoms with Crippen LogP contribution in [0, 0.1) is 11.3 Å². The number of ether oxygens (including phenoxy) is 2. The Balaban J connectivity index is 2.23. The number of rotatable bonds is 2. The minimum atomic E-state index is -0.664. The van der Waals surface area contributed by atoms with Crippen LogP contribution >= 0.6 is 11.6 Å². The fraction of sp³-hybridized carbons (Fsp3) is 0.417. The Labute approximate surface area is 115 Å². The Morgan fingerprint density at radius 1 is 1.74 bits per heavy atom. The van der Waals surface area contributed by atoms with Gasteiger partial charge in [0.2, 0.25) is 0 Å². The molecular weight excluding hydrogens is 270 g/mol. The summed E-state index contributed by atoms with van der Waals surface area (Å²) in [6.07, 6.45) is 0.852. The van der Waals surface area contributed by atoms with E-state index in [4.69, 9.17) is 21.6 Å². The van der Waals surface area contributed by atoms with Crippen LogP contribution in [0.25, 0.3) is 0 Å². The summed E-state index contributed by atoms with van der Waals surface area (Å²) < 4.78 is 9.98. The molecule has 1 saturated heterocycles. The minimum absolute atomic E-state index is 0.288. The summed E-state index contributed by atoms with van der Waals surface area (Å²) in [5.41, 5.74) is 0.354. The molecule has 0 amide bonds. The van der Waals surface area contributed by atoms with E-state index in [1.54, 1.807) is 6.07 Å². The van der Waals surface area contributed by atoms with Crippen LogP contribution in [0.2, 0.25) is 5.02 Å². The number of carbonyl (C=O) groups excluding carboxylic acids is 1. The number of nitriles is 1. The summed E-state index contributed by atoms with van der Waals surface area (Å²) in [5, 5.41) is 9.23. The smallest absolute Gasteiger partial charge is 0.336 e. The normalized spacial score (nSPS) is 18.8. The van der Waals surface area contributed by atoms with E-state index in [9.17, 15) is 4.79 Å². The molecule has 0 spiro atoms. The predicted octanol–water partition coefficient (Wildman–Crippen LogP) is 0.985. The van der Waals surface area contributed by atoms with Gasteiger partial charge in [-0.15, -0.1) is 0 Å². The molecule has 1 aromatic heterocycles. The molecule has 100 valence electrons. The molecule has 1 aliphatic rings. The zero-order chi connectivity index (χ0) is 13.8. The highest BCUT2D eigenvalue weighted by Crippen LogP contribution is 2.27. The van der Waals surface area contributed by atoms with Crippen molar-refractivity contribution in [2.24, 2.45) is 0 Å². The number of pyridine rings is 1. The van der Waals surface area contributed by atoms with E-state index in [0.717, 1.165) is 0 Å². The van der Waals surface area contributed by atoms with Gasteiger partial charge in [0.1, 0.15) is 16.9 Å². The molecule has 0 bridgehead atoms. The van der Waals surface area contributed by atoms with Gasteiger partial charge in [-0.05, 0) is 6.07 Å². The maximum atomic E-state index is 11.5. The van der Waals surface area contributed by atoms with Crippen molar-refractivity contribution in [3.05, 3.63) is 22.8 Å². The molecule has 0 aliphatic carbocycles. The van der Waals surface area contributed by atoms with Gasteiger partial charge in [0, 0.05) is 12.7 Å². The summed E-state index contributed by atoms with van der Waals surface area (Å²) in [6.45, 7) is 1.22. The van der Waals surface area contributed by atoms with Crippen molar-refractivity contribution in [1.82, 2.24) is 4.98 Å². The molecule has 0 aromatic carbocycles. The first-order valence-electron chi connectivity index (χ1n) is 5.66. The van der Waals surface area contributed by atoms with Gasteiger partial charge in [-0.3, -0.25) is 0 Å². The Bertz CT molecular complexity index is 529. The number of nitrogens with zero attached hydrogens (tertiary/aromatic N) is 3. The fourth-order valence-corrected chi connectivity index (χ4v) is 2.13. The van der Waals surface area contributed by atoms with E-state index in [2.05, 4.69) is 9.72 Å². The van der Waals surface area contributed by atoms with Crippen molar-refractivity contribution in [1.29, 1.82) is 5.26 Å². The number of hydrogen-bond donors (Lipinski definition) is 0. The van der Waals surface area contributed by atoms with Crippen molar-refractivity contribution in [3.8, 4) is 6.07 Å². The molecule has 2 rings (SSSR count). The van der Waals surface area contributed by atoms with Crippen molar-refractivity contribution in [2.45, 2.75) is 6.10 Å². The number of aromatic nitrogens is 1. The summed E-state index contributed by atoms with van der Waals surface area (Å²) in [7, 11) is 1.31. The van der Waals surface area contributed by atoms with E-state index in [0.29, 0.717) is 31.1 Å². The first kappa shape index (κ1) is 13.6. The van der Waals surface area contributed by atoms with Crippen LogP contribution < -0.4 is 4.90 Å². The highest BCUT2D eigenvalue weighted by atomic mass is 35.5. The van der Waals surface area contributed by atoms with Gasteiger partial charge < -0.3 is 14.4 Å². The lowest BCUT2D eigenvalue weighted by Crippen LogP contribution is -2.47. The number of anilines is 1. The molecule has 1 aromatic rings. The van der Waals surface area contributed by atoms with Gasteiger partial charge in [-0.2, -0.15) is 5.26 Å². The van der Waals surface area contributed by atoms with Crippen LogP contribution in [0.15, 0.2) is 12.3 Å². The lowest BCUT2D eigenvalue weighted by atomic mass is 10.2. The van der Waals surface area contributed by atoms with Gasteiger partial charge in [0.15, 0.2) is 6.10 Å². The molecular formula is C12H12ClN3O3. The molecule has 1 fully saturated rings. The SMILES string of the molecule is COC(=O)C1CN(c2nccc(C#N)c2Cl)CCO1. The second-order valence-electron chi connectivity index (χ2n) is 3.94. The lowest BCUT2D eigenvalue weighted by molar-refractivity contribution is -0.154. The zero-order valence-corrected chi connectivity index (χ0v) is 11.1. The van der Waals surface area contributed by atoms with E-state index in [1.807, 2.05) is 11.0 Å². The Kier molecular flexibility index (Phi) is 4.20. The molecule has 1 unspecified atom stereocenters. The van der Waals surface area contributed by atoms with Gasteiger partial charge in [-0.1, -0.05) is 11.6 Å². The summed E-state index contributed by atoms with van der Waals surface area (Å²) in [4.78, 5) is 17.5. The quantitative estimate of drug-likeness (QED) is 0.753. The average Bonchev–Trinajstić information content (AvgIpc) is 2.46. The van der Waals surface area contributed by atoms with E-state index < -0.39 is 12.1 Å². The molecule has 0 N–H and O–H groups in total. The number of methoxy groups -OCH3 is 1. The first-order valence-corrected chi connectivity index (χ1v) is 6.04. The van der Waals surface area contributed by atoms with Crippen LogP contribution in [-0.4, -0.2) is 43.9 Å². The lowest BCUT2D eigenvalue weighted by Gasteiger charge is -2.32. The first-order chi connectivity index (χ1) is 9.17. The molecule has 1 aliphatic heterocycles. The van der Waals surface area contributed by atoms with Crippen molar-refractivity contribution >= 4 is 23.4 Å². The van der Waals surface area contributed by atoms with Gasteiger partial charge in [-0.25, -0.2) is 9.78 Å². The van der Waals surface area contributed by atoms with Gasteiger partial charge >= 0.3 is 5.97 Å². The van der Waals surface area contributed by atoms with E-state index in [1.165, 1.54) is 13.3 Å². The van der Waals surface area contributed by atoms with Crippen LogP contribution in [-0.2, 0) is 14.3 Å². The number of carbonyl (C=O) groups is 1. The number of halogens is 1. The molecule has 1 atom stereocenters. The largest absolute Gasteiger partial charge is 0.467 e. The monoisotopic (exact) mass is 281 g/mol. The molecule has 0 radical (unpaired) electrons. The molecule has 2 heterocycles. The minimum Gasteiger partial charge on any atom is -0.467 e. The summed E-state index contributed by atoms with van der Waals surface area (Å²) in [5.74, 6) is 0.0511. The number of morpholine rings is 1. The Morgan fingerprint density at radius 3 is 3.21 bits per heavy atom. The second kappa shape index (κ2) is 5.87. The molecule has 6 nitrogen and oxygen atoms in total. The van der Waals surface area contributed by atoms with Crippen molar-refractivity contribution in [3.63, 3.8) is 0 Å². The third kappa shape index (κ3) is 2.78. The maximum absolute atomic E-state index is 11.5.